The number of nitrogens with zero attached hydrogens (tertiary/aromatic N) is 2. The minimum atomic E-state index is -4.87. The summed E-state index contributed by atoms with van der Waals surface area (Å²) < 4.78 is 45.1. The third kappa shape index (κ3) is 4.69. The van der Waals surface area contributed by atoms with Gasteiger partial charge in [-0.25, -0.2) is 0 Å². The predicted molar refractivity (Wildman–Crippen MR) is 123 cm³/mol. The zero-order valence-corrected chi connectivity index (χ0v) is 19.4. The second kappa shape index (κ2) is 9.41. The molecule has 0 bridgehead atoms. The Morgan fingerprint density at radius 1 is 1.12 bits per heavy atom. The lowest BCUT2D eigenvalue weighted by molar-refractivity contribution is -0.189. The van der Waals surface area contributed by atoms with Crippen molar-refractivity contribution >= 4 is 17.4 Å². The van der Waals surface area contributed by atoms with E-state index in [0.717, 1.165) is 21.6 Å². The number of halogens is 3. The van der Waals surface area contributed by atoms with E-state index in [9.17, 15) is 22.8 Å². The highest BCUT2D eigenvalue weighted by atomic mass is 19.4. The first-order valence-electron chi connectivity index (χ1n) is 11.7. The van der Waals surface area contributed by atoms with Crippen molar-refractivity contribution in [2.45, 2.75) is 51.0 Å². The standard InChI is InChI=1S/C26H29F3N2O3/c1-3-30(4-2)23(32)19-11-9-18(10-12-19)21-17-25(34-22-8-6-5-7-20(21)22)13-15-31(16-14-25)24(33)26(27,28)29/h5-7,9-12,17,22H,3-4,8,13-16H2,1-2H3. The molecule has 2 aliphatic heterocycles. The summed E-state index contributed by atoms with van der Waals surface area (Å²) in [5.41, 5.74) is 2.80. The average molecular weight is 475 g/mol. The molecule has 0 saturated carbocycles. The summed E-state index contributed by atoms with van der Waals surface area (Å²) >= 11 is 0. The normalized spacial score (nSPS) is 21.6. The molecule has 1 unspecified atom stereocenters. The van der Waals surface area contributed by atoms with E-state index in [1.54, 1.807) is 4.90 Å². The van der Waals surface area contributed by atoms with E-state index >= 15 is 0 Å². The van der Waals surface area contributed by atoms with Gasteiger partial charge in [-0.15, -0.1) is 0 Å². The molecule has 0 N–H and O–H groups in total. The van der Waals surface area contributed by atoms with E-state index in [-0.39, 0.29) is 25.1 Å². The van der Waals surface area contributed by atoms with E-state index in [1.165, 1.54) is 0 Å². The van der Waals surface area contributed by atoms with Crippen LogP contribution in [0.3, 0.4) is 0 Å². The molecule has 1 fully saturated rings. The van der Waals surface area contributed by atoms with Gasteiger partial charge in [0.15, 0.2) is 0 Å². The average Bonchev–Trinajstić information content (AvgIpc) is 2.84. The van der Waals surface area contributed by atoms with Crippen LogP contribution in [-0.2, 0) is 9.53 Å². The van der Waals surface area contributed by atoms with E-state index in [2.05, 4.69) is 0 Å². The molecule has 182 valence electrons. The van der Waals surface area contributed by atoms with Gasteiger partial charge in [-0.3, -0.25) is 9.59 Å². The molecule has 1 atom stereocenters. The Balaban J connectivity index is 1.62. The molecule has 0 radical (unpaired) electrons. The van der Waals surface area contributed by atoms with Crippen LogP contribution < -0.4 is 0 Å². The van der Waals surface area contributed by atoms with Gasteiger partial charge < -0.3 is 14.5 Å². The second-order valence-electron chi connectivity index (χ2n) is 8.86. The molecule has 8 heteroatoms. The summed E-state index contributed by atoms with van der Waals surface area (Å²) in [6, 6.07) is 7.47. The number of fused-ring (bicyclic) bond motifs is 1. The van der Waals surface area contributed by atoms with Gasteiger partial charge in [-0.1, -0.05) is 30.4 Å². The van der Waals surface area contributed by atoms with Gasteiger partial charge in [0.05, 0.1) is 11.7 Å². The van der Waals surface area contributed by atoms with Crippen LogP contribution >= 0.6 is 0 Å². The summed E-state index contributed by atoms with van der Waals surface area (Å²) in [6.07, 6.45) is 4.20. The van der Waals surface area contributed by atoms with Crippen LogP contribution in [0.25, 0.3) is 5.57 Å². The molecule has 3 aliphatic rings. The van der Waals surface area contributed by atoms with Crippen molar-refractivity contribution in [3.8, 4) is 0 Å². The van der Waals surface area contributed by atoms with Crippen LogP contribution in [0.5, 0.6) is 0 Å². The van der Waals surface area contributed by atoms with Crippen molar-refractivity contribution in [1.82, 2.24) is 9.80 Å². The van der Waals surface area contributed by atoms with Crippen LogP contribution in [-0.4, -0.2) is 65.7 Å². The van der Waals surface area contributed by atoms with Crippen LogP contribution in [0.15, 0.2) is 54.1 Å². The number of hydrogen-bond acceptors (Lipinski definition) is 3. The van der Waals surface area contributed by atoms with Crippen LogP contribution in [0, 0.1) is 0 Å². The summed E-state index contributed by atoms with van der Waals surface area (Å²) in [5.74, 6) is -1.81. The Kier molecular flexibility index (Phi) is 6.71. The topological polar surface area (TPSA) is 49.9 Å². The first kappa shape index (κ1) is 24.3. The van der Waals surface area contributed by atoms with E-state index in [4.69, 9.17) is 4.74 Å². The van der Waals surface area contributed by atoms with Crippen molar-refractivity contribution < 1.29 is 27.5 Å². The van der Waals surface area contributed by atoms with Crippen LogP contribution in [0.4, 0.5) is 13.2 Å². The molecular weight excluding hydrogens is 445 g/mol. The number of allylic oxidation sites excluding steroid dienone is 2. The summed E-state index contributed by atoms with van der Waals surface area (Å²) in [5, 5.41) is 0. The zero-order valence-electron chi connectivity index (χ0n) is 19.4. The minimum absolute atomic E-state index is 0.0129. The molecule has 2 heterocycles. The predicted octanol–water partition coefficient (Wildman–Crippen LogP) is 4.76. The summed E-state index contributed by atoms with van der Waals surface area (Å²) in [6.45, 7) is 5.13. The van der Waals surface area contributed by atoms with Gasteiger partial charge in [0, 0.05) is 31.7 Å². The summed E-state index contributed by atoms with van der Waals surface area (Å²) in [4.78, 5) is 27.0. The number of rotatable bonds is 4. The molecule has 34 heavy (non-hydrogen) atoms. The third-order valence-electron chi connectivity index (χ3n) is 6.84. The van der Waals surface area contributed by atoms with Crippen LogP contribution in [0.1, 0.15) is 49.0 Å². The fourth-order valence-electron chi connectivity index (χ4n) is 4.91. The second-order valence-corrected chi connectivity index (χ2v) is 8.86. The number of benzene rings is 1. The number of alkyl halides is 3. The van der Waals surface area contributed by atoms with Gasteiger partial charge >= 0.3 is 12.1 Å². The van der Waals surface area contributed by atoms with Crippen molar-refractivity contribution in [3.63, 3.8) is 0 Å². The third-order valence-corrected chi connectivity index (χ3v) is 6.84. The molecule has 1 saturated heterocycles. The van der Waals surface area contributed by atoms with E-state index in [0.29, 0.717) is 37.9 Å². The van der Waals surface area contributed by atoms with E-state index in [1.807, 2.05) is 62.4 Å². The quantitative estimate of drug-likeness (QED) is 0.632. The maximum Gasteiger partial charge on any atom is 0.471 e. The molecular formula is C26H29F3N2O3. The number of amides is 2. The minimum Gasteiger partial charge on any atom is -0.362 e. The Morgan fingerprint density at radius 2 is 1.76 bits per heavy atom. The number of carbonyl (C=O) groups is 2. The smallest absolute Gasteiger partial charge is 0.362 e. The lowest BCUT2D eigenvalue weighted by Gasteiger charge is -2.46. The highest BCUT2D eigenvalue weighted by Gasteiger charge is 2.47. The number of ether oxygens (including phenoxy) is 1. The largest absolute Gasteiger partial charge is 0.471 e. The molecule has 1 aliphatic carbocycles. The Bertz CT molecular complexity index is 1030. The van der Waals surface area contributed by atoms with Gasteiger partial charge in [-0.2, -0.15) is 13.2 Å². The highest BCUT2D eigenvalue weighted by Crippen LogP contribution is 2.44. The fraction of sp³-hybridized carbons (Fsp3) is 0.462. The van der Waals surface area contributed by atoms with E-state index < -0.39 is 17.7 Å². The fourth-order valence-corrected chi connectivity index (χ4v) is 4.91. The van der Waals surface area contributed by atoms with Crippen molar-refractivity contribution in [2.24, 2.45) is 0 Å². The molecule has 1 aromatic rings. The zero-order chi connectivity index (χ0) is 24.5. The molecule has 4 rings (SSSR count). The molecule has 1 aromatic carbocycles. The monoisotopic (exact) mass is 474 g/mol. The molecule has 0 aromatic heterocycles. The first-order valence-corrected chi connectivity index (χ1v) is 11.7. The number of piperidine rings is 1. The van der Waals surface area contributed by atoms with Crippen molar-refractivity contribution in [2.75, 3.05) is 26.2 Å². The SMILES string of the molecule is CCN(CC)C(=O)c1ccc(C2=CC3(CCN(C(=O)C(F)(F)F)CC3)OC3CC=CC=C23)cc1. The Morgan fingerprint density at radius 3 is 2.35 bits per heavy atom. The number of hydrogen-bond donors (Lipinski definition) is 0. The van der Waals surface area contributed by atoms with Gasteiger partial charge in [0.1, 0.15) is 0 Å². The lowest BCUT2D eigenvalue weighted by Crippen LogP contribution is -2.52. The van der Waals surface area contributed by atoms with Gasteiger partial charge in [0.25, 0.3) is 5.91 Å². The Hall–Kier alpha value is -2.87. The molecule has 1 spiro atoms. The van der Waals surface area contributed by atoms with Crippen molar-refractivity contribution in [1.29, 1.82) is 0 Å². The Labute approximate surface area is 197 Å². The van der Waals surface area contributed by atoms with Crippen molar-refractivity contribution in [3.05, 3.63) is 65.3 Å². The lowest BCUT2D eigenvalue weighted by atomic mass is 9.79. The molecule has 2 amide bonds. The number of likely N-dealkylation sites (tertiary alicyclic amines) is 1. The first-order chi connectivity index (χ1) is 16.2. The molecule has 5 nitrogen and oxygen atoms in total. The van der Waals surface area contributed by atoms with Gasteiger partial charge in [0.2, 0.25) is 0 Å². The number of carbonyl (C=O) groups excluding carboxylic acids is 2. The maximum atomic E-state index is 12.9. The summed E-state index contributed by atoms with van der Waals surface area (Å²) in [7, 11) is 0. The van der Waals surface area contributed by atoms with Gasteiger partial charge in [-0.05, 0) is 68.0 Å². The van der Waals surface area contributed by atoms with Crippen LogP contribution in [0.2, 0.25) is 0 Å². The maximum absolute atomic E-state index is 12.9. The highest BCUT2D eigenvalue weighted by molar-refractivity contribution is 5.95.